The summed E-state index contributed by atoms with van der Waals surface area (Å²) in [6.07, 6.45) is -4.36. The third-order valence-electron chi connectivity index (χ3n) is 5.90. The average molecular weight is 603 g/mol. The second kappa shape index (κ2) is 11.4. The molecular weight excluding hydrogens is 580 g/mol. The van der Waals surface area contributed by atoms with E-state index in [-0.39, 0.29) is 35.8 Å². The molecule has 1 amide bonds. The third-order valence-corrected chi connectivity index (χ3v) is 7.99. The maximum atomic E-state index is 13.3. The fourth-order valence-electron chi connectivity index (χ4n) is 3.96. The number of carbonyl (C=O) groups is 1. The van der Waals surface area contributed by atoms with Crippen molar-refractivity contribution in [1.29, 1.82) is 0 Å². The number of benzene rings is 2. The summed E-state index contributed by atoms with van der Waals surface area (Å²) in [5, 5.41) is 9.10. The van der Waals surface area contributed by atoms with Crippen LogP contribution in [0.1, 0.15) is 29.6 Å². The highest BCUT2D eigenvalue weighted by Gasteiger charge is 2.34. The van der Waals surface area contributed by atoms with E-state index in [2.05, 4.69) is 9.97 Å². The minimum Gasteiger partial charge on any atom is -0.464 e. The number of nitrogens with zero attached hydrogens (tertiary/aromatic N) is 4. The Hall–Kier alpha value is -3.35. The zero-order valence-electron chi connectivity index (χ0n) is 20.6. The SMILES string of the molecule is CCc1nc2cc(C(F)(F)F)c(Cl)cc2n1-c1ccc(CCN(C(=O)O)S(=O)(=O)c2ccc(C)cc2)nc1.Cl. The number of imidazole rings is 1. The van der Waals surface area contributed by atoms with Gasteiger partial charge in [-0.1, -0.05) is 36.2 Å². The minimum absolute atomic E-state index is 0. The lowest BCUT2D eigenvalue weighted by Crippen LogP contribution is -2.37. The number of aryl methyl sites for hydroxylation is 2. The van der Waals surface area contributed by atoms with Gasteiger partial charge in [0.15, 0.2) is 0 Å². The van der Waals surface area contributed by atoms with Gasteiger partial charge in [-0.05, 0) is 43.3 Å². The van der Waals surface area contributed by atoms with Crippen molar-refractivity contribution in [2.75, 3.05) is 6.54 Å². The predicted molar refractivity (Wildman–Crippen MR) is 142 cm³/mol. The number of amides is 1. The minimum atomic E-state index is -4.62. The summed E-state index contributed by atoms with van der Waals surface area (Å²) in [5.41, 5.74) is 1.27. The van der Waals surface area contributed by atoms with E-state index in [0.29, 0.717) is 33.4 Å². The van der Waals surface area contributed by atoms with E-state index in [0.717, 1.165) is 11.6 Å². The lowest BCUT2D eigenvalue weighted by molar-refractivity contribution is -0.137. The molecule has 0 unspecified atom stereocenters. The summed E-state index contributed by atoms with van der Waals surface area (Å²) >= 11 is 5.93. The molecule has 8 nitrogen and oxygen atoms in total. The van der Waals surface area contributed by atoms with Crippen LogP contribution in [0.4, 0.5) is 18.0 Å². The summed E-state index contributed by atoms with van der Waals surface area (Å²) in [6, 6.07) is 11.2. The number of fused-ring (bicyclic) bond motifs is 1. The molecule has 4 rings (SSSR count). The van der Waals surface area contributed by atoms with Crippen molar-refractivity contribution in [1.82, 2.24) is 18.8 Å². The van der Waals surface area contributed by atoms with Gasteiger partial charge in [-0.15, -0.1) is 12.4 Å². The molecule has 0 aliphatic rings. The van der Waals surface area contributed by atoms with Gasteiger partial charge in [0, 0.05) is 25.1 Å². The number of sulfonamides is 1. The van der Waals surface area contributed by atoms with Crippen LogP contribution in [-0.2, 0) is 29.0 Å². The van der Waals surface area contributed by atoms with Crippen molar-refractivity contribution >= 4 is 51.2 Å². The van der Waals surface area contributed by atoms with Gasteiger partial charge in [0.25, 0.3) is 10.0 Å². The van der Waals surface area contributed by atoms with Gasteiger partial charge < -0.3 is 5.11 Å². The first kappa shape index (κ1) is 30.2. The topological polar surface area (TPSA) is 105 Å². The summed E-state index contributed by atoms with van der Waals surface area (Å²) in [4.78, 5) is 20.3. The molecule has 0 atom stereocenters. The van der Waals surface area contributed by atoms with Crippen LogP contribution >= 0.6 is 24.0 Å². The van der Waals surface area contributed by atoms with E-state index in [1.165, 1.54) is 24.4 Å². The Morgan fingerprint density at radius 2 is 1.79 bits per heavy atom. The van der Waals surface area contributed by atoms with Crippen LogP contribution in [0, 0.1) is 6.92 Å². The maximum absolute atomic E-state index is 13.3. The van der Waals surface area contributed by atoms with Crippen LogP contribution < -0.4 is 0 Å². The molecular formula is C25H23Cl2F3N4O4S. The molecule has 0 aliphatic carbocycles. The highest BCUT2D eigenvalue weighted by molar-refractivity contribution is 7.89. The molecule has 0 saturated heterocycles. The first-order valence-corrected chi connectivity index (χ1v) is 13.2. The van der Waals surface area contributed by atoms with Crippen molar-refractivity contribution in [2.24, 2.45) is 0 Å². The molecule has 4 aromatic rings. The van der Waals surface area contributed by atoms with Gasteiger partial charge in [0.05, 0.1) is 38.4 Å². The number of aromatic nitrogens is 3. The quantitative estimate of drug-likeness (QED) is 0.266. The molecule has 0 spiro atoms. The largest absolute Gasteiger partial charge is 0.464 e. The predicted octanol–water partition coefficient (Wildman–Crippen LogP) is 6.30. The van der Waals surface area contributed by atoms with Crippen molar-refractivity contribution in [2.45, 2.75) is 37.8 Å². The monoisotopic (exact) mass is 602 g/mol. The van der Waals surface area contributed by atoms with Crippen molar-refractivity contribution in [3.05, 3.63) is 82.4 Å². The number of rotatable bonds is 7. The average Bonchev–Trinajstić information content (AvgIpc) is 3.21. The van der Waals surface area contributed by atoms with Crippen molar-refractivity contribution < 1.29 is 31.5 Å². The maximum Gasteiger partial charge on any atom is 0.421 e. The van der Waals surface area contributed by atoms with Crippen LogP contribution in [0.2, 0.25) is 5.02 Å². The molecule has 1 N–H and O–H groups in total. The normalized spacial score (nSPS) is 11.8. The van der Waals surface area contributed by atoms with Crippen LogP contribution in [0.5, 0.6) is 0 Å². The van der Waals surface area contributed by atoms with Gasteiger partial charge in [-0.25, -0.2) is 22.5 Å². The molecule has 208 valence electrons. The molecule has 0 radical (unpaired) electrons. The lowest BCUT2D eigenvalue weighted by atomic mass is 10.2. The Morgan fingerprint density at radius 3 is 2.33 bits per heavy atom. The van der Waals surface area contributed by atoms with E-state index < -0.39 is 32.9 Å². The van der Waals surface area contributed by atoms with Gasteiger partial charge in [-0.2, -0.15) is 13.2 Å². The van der Waals surface area contributed by atoms with Gasteiger partial charge in [0.2, 0.25) is 0 Å². The van der Waals surface area contributed by atoms with Gasteiger partial charge in [-0.3, -0.25) is 9.55 Å². The van der Waals surface area contributed by atoms with E-state index in [9.17, 15) is 31.5 Å². The molecule has 14 heteroatoms. The Bertz CT molecular complexity index is 1610. The summed E-state index contributed by atoms with van der Waals surface area (Å²) < 4.78 is 67.6. The molecule has 0 bridgehead atoms. The number of alkyl halides is 3. The van der Waals surface area contributed by atoms with E-state index >= 15 is 0 Å². The van der Waals surface area contributed by atoms with Crippen molar-refractivity contribution in [3.63, 3.8) is 0 Å². The Morgan fingerprint density at radius 1 is 1.13 bits per heavy atom. The zero-order valence-corrected chi connectivity index (χ0v) is 23.0. The van der Waals surface area contributed by atoms with Crippen LogP contribution in [0.15, 0.2) is 59.6 Å². The number of carboxylic acid groups (broad SMARTS) is 1. The van der Waals surface area contributed by atoms with E-state index in [1.807, 2.05) is 0 Å². The standard InChI is InChI=1S/C25H22ClF3N4O4S.ClH/c1-3-23-31-21-12-19(25(27,28)29)20(26)13-22(21)33(23)17-7-6-16(30-14-17)10-11-32(24(34)35)38(36,37)18-8-4-15(2)5-9-18;/h4-9,12-14H,3,10-11H2,1-2H3,(H,34,35);1H. The van der Waals surface area contributed by atoms with Gasteiger partial charge >= 0.3 is 12.3 Å². The fourth-order valence-corrected chi connectivity index (χ4v) is 5.50. The molecule has 39 heavy (non-hydrogen) atoms. The molecule has 0 fully saturated rings. The molecule has 2 heterocycles. The fraction of sp³-hybridized carbons (Fsp3) is 0.240. The summed E-state index contributed by atoms with van der Waals surface area (Å²) in [5.74, 6) is 0.492. The highest BCUT2D eigenvalue weighted by Crippen LogP contribution is 2.37. The van der Waals surface area contributed by atoms with Crippen LogP contribution in [0.25, 0.3) is 16.7 Å². The smallest absolute Gasteiger partial charge is 0.421 e. The Kier molecular flexibility index (Phi) is 8.83. The second-order valence-corrected chi connectivity index (χ2v) is 10.7. The van der Waals surface area contributed by atoms with E-state index in [1.54, 1.807) is 42.7 Å². The Labute approximate surface area is 233 Å². The number of pyridine rings is 1. The van der Waals surface area contributed by atoms with E-state index in [4.69, 9.17) is 11.6 Å². The molecule has 2 aromatic carbocycles. The van der Waals surface area contributed by atoms with Gasteiger partial charge in [0.1, 0.15) is 5.82 Å². The van der Waals surface area contributed by atoms with Crippen LogP contribution in [0.3, 0.4) is 0 Å². The molecule has 0 aliphatic heterocycles. The summed E-state index contributed by atoms with van der Waals surface area (Å²) in [6.45, 7) is 3.23. The second-order valence-electron chi connectivity index (χ2n) is 8.47. The first-order chi connectivity index (χ1) is 17.8. The van der Waals surface area contributed by atoms with Crippen LogP contribution in [-0.4, -0.2) is 45.0 Å². The molecule has 0 saturated carbocycles. The highest BCUT2D eigenvalue weighted by atomic mass is 35.5. The molecule has 2 aromatic heterocycles. The first-order valence-electron chi connectivity index (χ1n) is 11.4. The Balaban J connectivity index is 0.00000420. The lowest BCUT2D eigenvalue weighted by Gasteiger charge is -2.19. The third kappa shape index (κ3) is 6.13. The summed E-state index contributed by atoms with van der Waals surface area (Å²) in [7, 11) is -4.28. The van der Waals surface area contributed by atoms with Crippen molar-refractivity contribution in [3.8, 4) is 5.69 Å². The number of halogens is 5. The zero-order chi connectivity index (χ0) is 27.8. The number of hydrogen-bond acceptors (Lipinski definition) is 5. The number of hydrogen-bond donors (Lipinski definition) is 1.